The SMILES string of the molecule is O=C1CS[C@H](c2ccc(Cl)cc2)N1Cc1cccnc1. The average Bonchev–Trinajstić information content (AvgIpc) is 2.83. The fourth-order valence-corrected chi connectivity index (χ4v) is 3.53. The summed E-state index contributed by atoms with van der Waals surface area (Å²) in [5.41, 5.74) is 2.15. The first-order valence-corrected chi connectivity index (χ1v) is 7.72. The number of halogens is 1. The summed E-state index contributed by atoms with van der Waals surface area (Å²) in [6, 6.07) is 11.6. The molecule has 5 heteroatoms. The molecule has 1 aromatic carbocycles. The van der Waals surface area contributed by atoms with E-state index in [2.05, 4.69) is 4.98 Å². The lowest BCUT2D eigenvalue weighted by Crippen LogP contribution is -2.27. The zero-order chi connectivity index (χ0) is 13.9. The highest BCUT2D eigenvalue weighted by atomic mass is 35.5. The second-order valence-electron chi connectivity index (χ2n) is 4.60. The molecular formula is C15H13ClN2OS. The van der Waals surface area contributed by atoms with Gasteiger partial charge in [0.25, 0.3) is 0 Å². The van der Waals surface area contributed by atoms with E-state index in [4.69, 9.17) is 11.6 Å². The van der Waals surface area contributed by atoms with E-state index in [9.17, 15) is 4.79 Å². The topological polar surface area (TPSA) is 33.2 Å². The molecule has 1 amide bonds. The van der Waals surface area contributed by atoms with Gasteiger partial charge in [-0.2, -0.15) is 0 Å². The van der Waals surface area contributed by atoms with Crippen molar-refractivity contribution in [3.05, 3.63) is 64.9 Å². The Morgan fingerprint density at radius 3 is 2.80 bits per heavy atom. The minimum Gasteiger partial charge on any atom is -0.321 e. The van der Waals surface area contributed by atoms with Gasteiger partial charge in [-0.05, 0) is 29.3 Å². The summed E-state index contributed by atoms with van der Waals surface area (Å²) in [5, 5.41) is 0.766. The summed E-state index contributed by atoms with van der Waals surface area (Å²) in [4.78, 5) is 18.1. The molecule has 0 bridgehead atoms. The minimum absolute atomic E-state index is 0.0555. The molecule has 2 aromatic rings. The normalized spacial score (nSPS) is 18.6. The molecule has 3 nitrogen and oxygen atoms in total. The number of carbonyl (C=O) groups is 1. The van der Waals surface area contributed by atoms with Gasteiger partial charge in [-0.25, -0.2) is 0 Å². The van der Waals surface area contributed by atoms with Crippen LogP contribution in [-0.2, 0) is 11.3 Å². The van der Waals surface area contributed by atoms with Crippen molar-refractivity contribution in [2.45, 2.75) is 11.9 Å². The molecule has 1 atom stereocenters. The number of pyridine rings is 1. The number of amides is 1. The van der Waals surface area contributed by atoms with Crippen molar-refractivity contribution in [2.75, 3.05) is 5.75 Å². The maximum Gasteiger partial charge on any atom is 0.234 e. The van der Waals surface area contributed by atoms with Crippen LogP contribution in [0.4, 0.5) is 0 Å². The van der Waals surface area contributed by atoms with Crippen LogP contribution in [0.1, 0.15) is 16.5 Å². The van der Waals surface area contributed by atoms with Crippen LogP contribution in [0.2, 0.25) is 5.02 Å². The molecule has 0 spiro atoms. The van der Waals surface area contributed by atoms with Crippen molar-refractivity contribution in [2.24, 2.45) is 0 Å². The quantitative estimate of drug-likeness (QED) is 0.870. The van der Waals surface area contributed by atoms with Crippen LogP contribution in [0.5, 0.6) is 0 Å². The van der Waals surface area contributed by atoms with E-state index < -0.39 is 0 Å². The number of aromatic nitrogens is 1. The van der Waals surface area contributed by atoms with Crippen molar-refractivity contribution < 1.29 is 4.79 Å². The largest absolute Gasteiger partial charge is 0.321 e. The second-order valence-corrected chi connectivity index (χ2v) is 6.10. The van der Waals surface area contributed by atoms with Crippen molar-refractivity contribution >= 4 is 29.3 Å². The van der Waals surface area contributed by atoms with Gasteiger partial charge in [-0.15, -0.1) is 11.8 Å². The van der Waals surface area contributed by atoms with Crippen molar-refractivity contribution in [1.82, 2.24) is 9.88 Å². The van der Waals surface area contributed by atoms with E-state index >= 15 is 0 Å². The summed E-state index contributed by atoms with van der Waals surface area (Å²) in [6.45, 7) is 0.590. The van der Waals surface area contributed by atoms with Crippen molar-refractivity contribution in [3.8, 4) is 0 Å². The molecular weight excluding hydrogens is 292 g/mol. The van der Waals surface area contributed by atoms with E-state index in [1.165, 1.54) is 0 Å². The zero-order valence-corrected chi connectivity index (χ0v) is 12.3. The molecule has 0 saturated carbocycles. The Kier molecular flexibility index (Phi) is 3.94. The number of hydrogen-bond donors (Lipinski definition) is 0. The Morgan fingerprint density at radius 1 is 1.30 bits per heavy atom. The summed E-state index contributed by atoms with van der Waals surface area (Å²) in [6.07, 6.45) is 3.54. The van der Waals surface area contributed by atoms with Gasteiger partial charge in [-0.3, -0.25) is 9.78 Å². The molecule has 1 aliphatic heterocycles. The van der Waals surface area contributed by atoms with Gasteiger partial charge >= 0.3 is 0 Å². The van der Waals surface area contributed by atoms with Crippen LogP contribution in [0.3, 0.4) is 0 Å². The fourth-order valence-electron chi connectivity index (χ4n) is 2.22. The highest BCUT2D eigenvalue weighted by Crippen LogP contribution is 2.39. The van der Waals surface area contributed by atoms with E-state index in [-0.39, 0.29) is 11.3 Å². The van der Waals surface area contributed by atoms with Crippen LogP contribution >= 0.6 is 23.4 Å². The Labute approximate surface area is 127 Å². The third-order valence-electron chi connectivity index (χ3n) is 3.20. The van der Waals surface area contributed by atoms with Crippen molar-refractivity contribution in [1.29, 1.82) is 0 Å². The van der Waals surface area contributed by atoms with Crippen molar-refractivity contribution in [3.63, 3.8) is 0 Å². The first-order chi connectivity index (χ1) is 9.74. The zero-order valence-electron chi connectivity index (χ0n) is 10.7. The molecule has 0 N–H and O–H groups in total. The molecule has 102 valence electrons. The number of carbonyl (C=O) groups excluding carboxylic acids is 1. The molecule has 1 aromatic heterocycles. The maximum atomic E-state index is 12.1. The average molecular weight is 305 g/mol. The van der Waals surface area contributed by atoms with Gasteiger partial charge in [0.1, 0.15) is 5.37 Å². The van der Waals surface area contributed by atoms with Gasteiger partial charge < -0.3 is 4.90 Å². The lowest BCUT2D eigenvalue weighted by Gasteiger charge is -2.24. The Hall–Kier alpha value is -1.52. The Morgan fingerprint density at radius 2 is 2.10 bits per heavy atom. The van der Waals surface area contributed by atoms with E-state index in [1.807, 2.05) is 41.3 Å². The molecule has 3 rings (SSSR count). The summed E-state index contributed by atoms with van der Waals surface area (Å²) in [7, 11) is 0. The minimum atomic E-state index is 0.0555. The smallest absolute Gasteiger partial charge is 0.234 e. The predicted molar refractivity (Wildman–Crippen MR) is 81.4 cm³/mol. The Balaban J connectivity index is 1.83. The standard InChI is InChI=1S/C15H13ClN2OS/c16-13-5-3-12(4-6-13)15-18(14(19)10-20-15)9-11-2-1-7-17-8-11/h1-8,15H,9-10H2/t15-/m1/s1. The summed E-state index contributed by atoms with van der Waals surface area (Å²) >= 11 is 7.57. The molecule has 0 unspecified atom stereocenters. The van der Waals surface area contributed by atoms with Crippen LogP contribution < -0.4 is 0 Å². The third kappa shape index (κ3) is 2.81. The number of nitrogens with zero attached hydrogens (tertiary/aromatic N) is 2. The van der Waals surface area contributed by atoms with Gasteiger partial charge in [0.05, 0.1) is 5.75 Å². The molecule has 2 heterocycles. The van der Waals surface area contributed by atoms with E-state index in [0.717, 1.165) is 11.1 Å². The number of hydrogen-bond acceptors (Lipinski definition) is 3. The number of benzene rings is 1. The maximum absolute atomic E-state index is 12.1. The lowest BCUT2D eigenvalue weighted by molar-refractivity contribution is -0.128. The first kappa shape index (κ1) is 13.5. The van der Waals surface area contributed by atoms with Crippen LogP contribution in [0.15, 0.2) is 48.8 Å². The number of rotatable bonds is 3. The molecule has 0 radical (unpaired) electrons. The lowest BCUT2D eigenvalue weighted by atomic mass is 10.2. The van der Waals surface area contributed by atoms with E-state index in [0.29, 0.717) is 17.3 Å². The Bertz CT molecular complexity index is 603. The number of thioether (sulfide) groups is 1. The van der Waals surface area contributed by atoms with Gasteiger partial charge in [0, 0.05) is 24.0 Å². The predicted octanol–water partition coefficient (Wildman–Crippen LogP) is 3.51. The monoisotopic (exact) mass is 304 g/mol. The van der Waals surface area contributed by atoms with Gasteiger partial charge in [-0.1, -0.05) is 29.8 Å². The molecule has 0 aliphatic carbocycles. The summed E-state index contributed by atoms with van der Waals surface area (Å²) < 4.78 is 0. The van der Waals surface area contributed by atoms with Crippen LogP contribution in [-0.4, -0.2) is 21.5 Å². The van der Waals surface area contributed by atoms with Gasteiger partial charge in [0.15, 0.2) is 0 Å². The molecule has 1 fully saturated rings. The molecule has 1 aliphatic rings. The van der Waals surface area contributed by atoms with E-state index in [1.54, 1.807) is 24.2 Å². The fraction of sp³-hybridized carbons (Fsp3) is 0.200. The highest BCUT2D eigenvalue weighted by molar-refractivity contribution is 8.00. The second kappa shape index (κ2) is 5.85. The highest BCUT2D eigenvalue weighted by Gasteiger charge is 2.32. The van der Waals surface area contributed by atoms with Gasteiger partial charge in [0.2, 0.25) is 5.91 Å². The third-order valence-corrected chi connectivity index (χ3v) is 4.71. The molecule has 1 saturated heterocycles. The van der Waals surface area contributed by atoms with Crippen LogP contribution in [0, 0.1) is 0 Å². The molecule has 20 heavy (non-hydrogen) atoms. The summed E-state index contributed by atoms with van der Waals surface area (Å²) in [5.74, 6) is 0.687. The van der Waals surface area contributed by atoms with Crippen LogP contribution in [0.25, 0.3) is 0 Å². The first-order valence-electron chi connectivity index (χ1n) is 6.29.